The summed E-state index contributed by atoms with van der Waals surface area (Å²) in [5.41, 5.74) is 3.94. The summed E-state index contributed by atoms with van der Waals surface area (Å²) in [7, 11) is 0. The Morgan fingerprint density at radius 3 is 2.54 bits per heavy atom. The minimum absolute atomic E-state index is 0.0116. The summed E-state index contributed by atoms with van der Waals surface area (Å²) >= 11 is 6.21. The van der Waals surface area contributed by atoms with Gasteiger partial charge in [0.05, 0.1) is 11.9 Å². The molecule has 2 N–H and O–H groups in total. The molecule has 0 radical (unpaired) electrons. The number of nitrogens with one attached hydrogen (secondary N) is 2. The normalized spacial score (nSPS) is 20.0. The van der Waals surface area contributed by atoms with Crippen molar-refractivity contribution in [1.29, 1.82) is 0 Å². The van der Waals surface area contributed by atoms with Gasteiger partial charge in [-0.1, -0.05) is 17.7 Å². The lowest BCUT2D eigenvalue weighted by Crippen LogP contribution is -2.43. The van der Waals surface area contributed by atoms with Crippen molar-refractivity contribution in [3.05, 3.63) is 69.9 Å². The van der Waals surface area contributed by atoms with Crippen LogP contribution in [0.2, 0.25) is 5.02 Å². The third-order valence-electron chi connectivity index (χ3n) is 5.44. The zero-order chi connectivity index (χ0) is 19.6. The van der Waals surface area contributed by atoms with Crippen LogP contribution >= 0.6 is 11.6 Å². The van der Waals surface area contributed by atoms with Crippen LogP contribution in [0.1, 0.15) is 28.7 Å². The van der Waals surface area contributed by atoms with E-state index in [1.165, 1.54) is 0 Å². The largest absolute Gasteiger partial charge is 0.325 e. The monoisotopic (exact) mass is 392 g/mol. The van der Waals surface area contributed by atoms with Crippen LogP contribution in [-0.4, -0.2) is 21.6 Å². The zero-order valence-corrected chi connectivity index (χ0v) is 16.1. The molecule has 1 spiro atoms. The van der Waals surface area contributed by atoms with E-state index in [1.54, 1.807) is 29.1 Å². The first-order chi connectivity index (χ1) is 13.4. The van der Waals surface area contributed by atoms with Crippen LogP contribution < -0.4 is 10.6 Å². The first-order valence-electron chi connectivity index (χ1n) is 8.97. The van der Waals surface area contributed by atoms with E-state index in [9.17, 15) is 9.59 Å². The lowest BCUT2D eigenvalue weighted by atomic mass is 9.72. The van der Waals surface area contributed by atoms with Crippen LogP contribution in [0.5, 0.6) is 0 Å². The SMILES string of the molecule is Cc1cc(C)cc(-n2ncc3c2NC(=O)C[C@]32C(=O)Nc3ccc(Cl)cc32)c1. The molecule has 28 heavy (non-hydrogen) atoms. The van der Waals surface area contributed by atoms with Gasteiger partial charge in [0.2, 0.25) is 11.8 Å². The number of nitrogens with zero attached hydrogens (tertiary/aromatic N) is 2. The Kier molecular flexibility index (Phi) is 3.46. The lowest BCUT2D eigenvalue weighted by molar-refractivity contribution is -0.125. The summed E-state index contributed by atoms with van der Waals surface area (Å²) < 4.78 is 1.68. The molecular weight excluding hydrogens is 376 g/mol. The molecule has 0 saturated heterocycles. The fourth-order valence-corrected chi connectivity index (χ4v) is 4.51. The maximum atomic E-state index is 13.1. The molecule has 140 valence electrons. The second-order valence-electron chi connectivity index (χ2n) is 7.44. The number of halogens is 1. The van der Waals surface area contributed by atoms with E-state index in [-0.39, 0.29) is 18.2 Å². The molecule has 7 heteroatoms. The Balaban J connectivity index is 1.77. The third kappa shape index (κ3) is 2.24. The standard InChI is InChI=1S/C21H17ClN4O2/c1-11-5-12(2)7-14(6-11)26-19-16(10-23-26)21(9-18(27)25-19)15-8-13(22)3-4-17(15)24-20(21)28/h3-8,10H,9H2,1-2H3,(H,24,28)(H,25,27)/t21-/m1/s1. The second-order valence-corrected chi connectivity index (χ2v) is 7.88. The number of aromatic nitrogens is 2. The molecule has 0 aliphatic carbocycles. The van der Waals surface area contributed by atoms with Crippen LogP contribution in [0.25, 0.3) is 5.69 Å². The van der Waals surface area contributed by atoms with Gasteiger partial charge in [-0.3, -0.25) is 9.59 Å². The molecule has 0 bridgehead atoms. The lowest BCUT2D eigenvalue weighted by Gasteiger charge is -2.31. The highest BCUT2D eigenvalue weighted by molar-refractivity contribution is 6.31. The van der Waals surface area contributed by atoms with Gasteiger partial charge in [0, 0.05) is 22.7 Å². The summed E-state index contributed by atoms with van der Waals surface area (Å²) in [6.45, 7) is 4.02. The van der Waals surface area contributed by atoms with E-state index in [0.717, 1.165) is 16.8 Å². The second kappa shape index (κ2) is 5.69. The van der Waals surface area contributed by atoms with Crippen LogP contribution in [0.15, 0.2) is 42.6 Å². The van der Waals surface area contributed by atoms with E-state index < -0.39 is 5.41 Å². The van der Waals surface area contributed by atoms with Gasteiger partial charge in [0.25, 0.3) is 0 Å². The van der Waals surface area contributed by atoms with Gasteiger partial charge in [-0.15, -0.1) is 0 Å². The maximum Gasteiger partial charge on any atom is 0.240 e. The number of amides is 2. The van der Waals surface area contributed by atoms with Gasteiger partial charge >= 0.3 is 0 Å². The molecule has 2 aliphatic heterocycles. The molecule has 2 amide bonds. The van der Waals surface area contributed by atoms with Crippen molar-refractivity contribution in [2.45, 2.75) is 25.7 Å². The van der Waals surface area contributed by atoms with Gasteiger partial charge in [-0.05, 0) is 60.9 Å². The van der Waals surface area contributed by atoms with E-state index in [1.807, 2.05) is 26.0 Å². The summed E-state index contributed by atoms with van der Waals surface area (Å²) in [5.74, 6) is 0.0478. The van der Waals surface area contributed by atoms with E-state index in [2.05, 4.69) is 21.8 Å². The average molecular weight is 393 g/mol. The number of rotatable bonds is 1. The Bertz CT molecular complexity index is 1160. The minimum Gasteiger partial charge on any atom is -0.325 e. The number of carbonyl (C=O) groups is 2. The van der Waals surface area contributed by atoms with Gasteiger partial charge in [-0.25, -0.2) is 4.68 Å². The Morgan fingerprint density at radius 1 is 1.04 bits per heavy atom. The van der Waals surface area contributed by atoms with Gasteiger partial charge < -0.3 is 10.6 Å². The van der Waals surface area contributed by atoms with Crippen molar-refractivity contribution >= 4 is 34.9 Å². The quantitative estimate of drug-likeness (QED) is 0.662. The highest BCUT2D eigenvalue weighted by atomic mass is 35.5. The smallest absolute Gasteiger partial charge is 0.240 e. The van der Waals surface area contributed by atoms with Gasteiger partial charge in [0.1, 0.15) is 11.2 Å². The minimum atomic E-state index is -1.13. The van der Waals surface area contributed by atoms with Crippen molar-refractivity contribution in [3.8, 4) is 5.69 Å². The van der Waals surface area contributed by atoms with Crippen molar-refractivity contribution in [3.63, 3.8) is 0 Å². The number of carbonyl (C=O) groups excluding carboxylic acids is 2. The molecule has 1 atom stereocenters. The van der Waals surface area contributed by atoms with Crippen LogP contribution in [0.4, 0.5) is 11.5 Å². The Morgan fingerprint density at radius 2 is 1.79 bits per heavy atom. The summed E-state index contributed by atoms with van der Waals surface area (Å²) in [4.78, 5) is 25.8. The van der Waals surface area contributed by atoms with Crippen LogP contribution in [0, 0.1) is 13.8 Å². The molecule has 2 aromatic carbocycles. The Hall–Kier alpha value is -3.12. The molecule has 3 aromatic rings. The molecule has 0 saturated carbocycles. The number of hydrogen-bond acceptors (Lipinski definition) is 3. The fraction of sp³-hybridized carbons (Fsp3) is 0.190. The maximum absolute atomic E-state index is 13.1. The molecule has 1 aromatic heterocycles. The van der Waals surface area contributed by atoms with Crippen LogP contribution in [-0.2, 0) is 15.0 Å². The molecule has 6 nitrogen and oxygen atoms in total. The summed E-state index contributed by atoms with van der Waals surface area (Å²) in [6, 6.07) is 11.3. The predicted molar refractivity (Wildman–Crippen MR) is 107 cm³/mol. The molecule has 3 heterocycles. The molecule has 0 fully saturated rings. The molecule has 5 rings (SSSR count). The fourth-order valence-electron chi connectivity index (χ4n) is 4.33. The highest BCUT2D eigenvalue weighted by Crippen LogP contribution is 2.50. The van der Waals surface area contributed by atoms with Gasteiger partial charge in [0.15, 0.2) is 0 Å². The predicted octanol–water partition coefficient (Wildman–Crippen LogP) is 3.72. The number of hydrogen-bond donors (Lipinski definition) is 2. The average Bonchev–Trinajstić information content (AvgIpc) is 3.15. The summed E-state index contributed by atoms with van der Waals surface area (Å²) in [6.07, 6.45) is 1.68. The van der Waals surface area contributed by atoms with Gasteiger partial charge in [-0.2, -0.15) is 5.10 Å². The topological polar surface area (TPSA) is 76.0 Å². The zero-order valence-electron chi connectivity index (χ0n) is 15.3. The Labute approximate surface area is 166 Å². The van der Waals surface area contributed by atoms with Crippen molar-refractivity contribution in [1.82, 2.24) is 9.78 Å². The summed E-state index contributed by atoms with van der Waals surface area (Å²) in [5, 5.41) is 10.9. The van der Waals surface area contributed by atoms with Crippen molar-refractivity contribution in [2.24, 2.45) is 0 Å². The molecular formula is C21H17ClN4O2. The van der Waals surface area contributed by atoms with Crippen molar-refractivity contribution < 1.29 is 9.59 Å². The third-order valence-corrected chi connectivity index (χ3v) is 5.68. The number of aryl methyl sites for hydroxylation is 2. The first kappa shape index (κ1) is 17.0. The number of fused-ring (bicyclic) bond motifs is 4. The van der Waals surface area contributed by atoms with Crippen LogP contribution in [0.3, 0.4) is 0 Å². The van der Waals surface area contributed by atoms with Crippen molar-refractivity contribution in [2.75, 3.05) is 10.6 Å². The van der Waals surface area contributed by atoms with E-state index in [4.69, 9.17) is 11.6 Å². The number of benzene rings is 2. The number of anilines is 2. The van der Waals surface area contributed by atoms with E-state index >= 15 is 0 Å². The highest BCUT2D eigenvalue weighted by Gasteiger charge is 2.54. The first-order valence-corrected chi connectivity index (χ1v) is 9.35. The molecule has 2 aliphatic rings. The van der Waals surface area contributed by atoms with E-state index in [0.29, 0.717) is 27.7 Å². The molecule has 0 unspecified atom stereocenters.